The average molecular weight is 248 g/mol. The standard InChI is InChI=1S/C14H17FN2O/c15-11-6-2-5-10-8-13(18-14(10)11)12(17-16)7-9-3-1-4-9/h2,5-6,8-9,12,17H,1,3-4,7,16H2. The minimum absolute atomic E-state index is 0.0258. The second-order valence-corrected chi connectivity index (χ2v) is 5.06. The van der Waals surface area contributed by atoms with Gasteiger partial charge in [0.1, 0.15) is 5.76 Å². The molecule has 0 spiro atoms. The van der Waals surface area contributed by atoms with Crippen molar-refractivity contribution in [3.63, 3.8) is 0 Å². The van der Waals surface area contributed by atoms with Gasteiger partial charge in [0.25, 0.3) is 0 Å². The second-order valence-electron chi connectivity index (χ2n) is 5.06. The number of hydrazine groups is 1. The Hall–Kier alpha value is -1.39. The summed E-state index contributed by atoms with van der Waals surface area (Å²) >= 11 is 0. The molecule has 1 heterocycles. The van der Waals surface area contributed by atoms with Gasteiger partial charge in [-0.2, -0.15) is 0 Å². The highest BCUT2D eigenvalue weighted by atomic mass is 19.1. The predicted molar refractivity (Wildman–Crippen MR) is 68.2 cm³/mol. The zero-order valence-electron chi connectivity index (χ0n) is 10.2. The number of para-hydroxylation sites is 1. The molecule has 0 saturated heterocycles. The van der Waals surface area contributed by atoms with Crippen molar-refractivity contribution >= 4 is 11.0 Å². The number of nitrogens with one attached hydrogen (secondary N) is 1. The summed E-state index contributed by atoms with van der Waals surface area (Å²) in [5.41, 5.74) is 3.10. The maximum Gasteiger partial charge on any atom is 0.169 e. The summed E-state index contributed by atoms with van der Waals surface area (Å²) in [6.45, 7) is 0. The van der Waals surface area contributed by atoms with Crippen LogP contribution in [0.25, 0.3) is 11.0 Å². The summed E-state index contributed by atoms with van der Waals surface area (Å²) in [6.07, 6.45) is 4.77. The molecule has 96 valence electrons. The van der Waals surface area contributed by atoms with Gasteiger partial charge in [-0.1, -0.05) is 31.4 Å². The highest BCUT2D eigenvalue weighted by molar-refractivity contribution is 5.78. The van der Waals surface area contributed by atoms with Gasteiger partial charge in [0.2, 0.25) is 0 Å². The number of nitrogens with two attached hydrogens (primary N) is 1. The van der Waals surface area contributed by atoms with Gasteiger partial charge in [-0.15, -0.1) is 0 Å². The fraction of sp³-hybridized carbons (Fsp3) is 0.429. The summed E-state index contributed by atoms with van der Waals surface area (Å²) < 4.78 is 19.2. The first-order chi connectivity index (χ1) is 8.78. The Morgan fingerprint density at radius 3 is 2.89 bits per heavy atom. The highest BCUT2D eigenvalue weighted by Gasteiger charge is 2.24. The molecule has 1 aromatic carbocycles. The molecular weight excluding hydrogens is 231 g/mol. The number of rotatable bonds is 4. The van der Waals surface area contributed by atoms with Crippen molar-refractivity contribution in [2.45, 2.75) is 31.7 Å². The summed E-state index contributed by atoms with van der Waals surface area (Å²) in [7, 11) is 0. The van der Waals surface area contributed by atoms with E-state index in [0.717, 1.165) is 17.6 Å². The lowest BCUT2D eigenvalue weighted by molar-refractivity contribution is 0.248. The third kappa shape index (κ3) is 2.02. The summed E-state index contributed by atoms with van der Waals surface area (Å²) in [6, 6.07) is 6.80. The quantitative estimate of drug-likeness (QED) is 0.645. The minimum Gasteiger partial charge on any atom is -0.456 e. The third-order valence-electron chi connectivity index (χ3n) is 3.85. The fourth-order valence-electron chi connectivity index (χ4n) is 2.55. The van der Waals surface area contributed by atoms with Crippen LogP contribution in [-0.2, 0) is 0 Å². The van der Waals surface area contributed by atoms with Crippen molar-refractivity contribution in [3.05, 3.63) is 35.8 Å². The number of benzene rings is 1. The Morgan fingerprint density at radius 1 is 1.44 bits per heavy atom. The maximum atomic E-state index is 13.6. The Kier molecular flexibility index (Phi) is 3.06. The molecule has 3 rings (SSSR count). The first kappa shape index (κ1) is 11.7. The SMILES string of the molecule is NNC(CC1CCC1)c1cc2cccc(F)c2o1. The molecule has 2 aromatic rings. The fourth-order valence-corrected chi connectivity index (χ4v) is 2.55. The lowest BCUT2D eigenvalue weighted by Gasteiger charge is -2.28. The molecule has 4 heteroatoms. The number of furan rings is 1. The van der Waals surface area contributed by atoms with Crippen LogP contribution in [0.3, 0.4) is 0 Å². The van der Waals surface area contributed by atoms with Gasteiger partial charge in [-0.05, 0) is 24.5 Å². The minimum atomic E-state index is -0.321. The van der Waals surface area contributed by atoms with Crippen LogP contribution in [-0.4, -0.2) is 0 Å². The van der Waals surface area contributed by atoms with Crippen LogP contribution in [0, 0.1) is 11.7 Å². The number of hydrogen-bond donors (Lipinski definition) is 2. The lowest BCUT2D eigenvalue weighted by Crippen LogP contribution is -2.30. The van der Waals surface area contributed by atoms with Crippen LogP contribution in [0.5, 0.6) is 0 Å². The molecule has 0 bridgehead atoms. The van der Waals surface area contributed by atoms with E-state index in [1.807, 2.05) is 12.1 Å². The zero-order chi connectivity index (χ0) is 12.5. The van der Waals surface area contributed by atoms with Crippen molar-refractivity contribution in [2.24, 2.45) is 11.8 Å². The Balaban J connectivity index is 1.89. The molecule has 1 aliphatic carbocycles. The molecule has 0 radical (unpaired) electrons. The molecule has 3 N–H and O–H groups in total. The molecule has 1 aromatic heterocycles. The van der Waals surface area contributed by atoms with Gasteiger partial charge >= 0.3 is 0 Å². The Morgan fingerprint density at radius 2 is 2.28 bits per heavy atom. The summed E-state index contributed by atoms with van der Waals surface area (Å²) in [5, 5.41) is 0.791. The van der Waals surface area contributed by atoms with E-state index in [2.05, 4.69) is 5.43 Å². The van der Waals surface area contributed by atoms with Crippen LogP contribution in [0.2, 0.25) is 0 Å². The Bertz CT molecular complexity index is 548. The van der Waals surface area contributed by atoms with E-state index in [-0.39, 0.29) is 11.9 Å². The van der Waals surface area contributed by atoms with E-state index >= 15 is 0 Å². The highest BCUT2D eigenvalue weighted by Crippen LogP contribution is 2.36. The van der Waals surface area contributed by atoms with Gasteiger partial charge < -0.3 is 4.42 Å². The maximum absolute atomic E-state index is 13.6. The van der Waals surface area contributed by atoms with Gasteiger partial charge in [0, 0.05) is 5.39 Å². The summed E-state index contributed by atoms with van der Waals surface area (Å²) in [5.74, 6) is 6.71. The van der Waals surface area contributed by atoms with E-state index in [4.69, 9.17) is 10.3 Å². The molecule has 0 aliphatic heterocycles. The van der Waals surface area contributed by atoms with Crippen LogP contribution < -0.4 is 11.3 Å². The first-order valence-corrected chi connectivity index (χ1v) is 6.42. The van der Waals surface area contributed by atoms with E-state index in [9.17, 15) is 4.39 Å². The van der Waals surface area contributed by atoms with Crippen LogP contribution in [0.1, 0.15) is 37.5 Å². The van der Waals surface area contributed by atoms with E-state index in [1.165, 1.54) is 25.3 Å². The number of halogens is 1. The largest absolute Gasteiger partial charge is 0.456 e. The van der Waals surface area contributed by atoms with Crippen molar-refractivity contribution in [1.82, 2.24) is 5.43 Å². The van der Waals surface area contributed by atoms with E-state index in [1.54, 1.807) is 6.07 Å². The molecule has 3 nitrogen and oxygen atoms in total. The van der Waals surface area contributed by atoms with Gasteiger partial charge in [0.05, 0.1) is 6.04 Å². The molecule has 1 fully saturated rings. The van der Waals surface area contributed by atoms with Crippen molar-refractivity contribution in [2.75, 3.05) is 0 Å². The van der Waals surface area contributed by atoms with E-state index in [0.29, 0.717) is 11.5 Å². The number of fused-ring (bicyclic) bond motifs is 1. The normalized spacial score (nSPS) is 17.9. The molecule has 1 unspecified atom stereocenters. The topological polar surface area (TPSA) is 51.2 Å². The molecule has 18 heavy (non-hydrogen) atoms. The lowest BCUT2D eigenvalue weighted by atomic mass is 9.80. The van der Waals surface area contributed by atoms with Crippen LogP contribution in [0.15, 0.2) is 28.7 Å². The monoisotopic (exact) mass is 248 g/mol. The van der Waals surface area contributed by atoms with Crippen molar-refractivity contribution in [3.8, 4) is 0 Å². The average Bonchev–Trinajstić information content (AvgIpc) is 2.73. The van der Waals surface area contributed by atoms with Gasteiger partial charge in [-0.25, -0.2) is 9.82 Å². The molecule has 1 saturated carbocycles. The van der Waals surface area contributed by atoms with Gasteiger partial charge in [0.15, 0.2) is 11.4 Å². The number of hydrogen-bond acceptors (Lipinski definition) is 3. The second kappa shape index (κ2) is 4.71. The van der Waals surface area contributed by atoms with Crippen molar-refractivity contribution in [1.29, 1.82) is 0 Å². The zero-order valence-corrected chi connectivity index (χ0v) is 10.2. The van der Waals surface area contributed by atoms with Crippen molar-refractivity contribution < 1.29 is 8.81 Å². The third-order valence-corrected chi connectivity index (χ3v) is 3.85. The smallest absolute Gasteiger partial charge is 0.169 e. The predicted octanol–water partition coefficient (Wildman–Crippen LogP) is 3.27. The summed E-state index contributed by atoms with van der Waals surface area (Å²) in [4.78, 5) is 0. The molecule has 1 aliphatic rings. The first-order valence-electron chi connectivity index (χ1n) is 6.42. The van der Waals surface area contributed by atoms with Crippen LogP contribution in [0.4, 0.5) is 4.39 Å². The van der Waals surface area contributed by atoms with E-state index < -0.39 is 0 Å². The molecular formula is C14H17FN2O. The molecule has 0 amide bonds. The Labute approximate surface area is 105 Å². The van der Waals surface area contributed by atoms with Crippen LogP contribution >= 0.6 is 0 Å². The van der Waals surface area contributed by atoms with Gasteiger partial charge in [-0.3, -0.25) is 5.84 Å². The molecule has 1 atom stereocenters.